The van der Waals surface area contributed by atoms with Crippen LogP contribution in [-0.4, -0.2) is 53.1 Å². The molecule has 5 heteroatoms. The van der Waals surface area contributed by atoms with Crippen molar-refractivity contribution in [3.05, 3.63) is 0 Å². The SMILES string of the molecule is CC(C)(C)OC(=O)N1CCC[C@H](N2CCCCC2=O)C1. The normalized spacial score (nSPS) is 24.8. The van der Waals surface area contributed by atoms with Crippen LogP contribution in [0, 0.1) is 0 Å². The summed E-state index contributed by atoms with van der Waals surface area (Å²) in [4.78, 5) is 27.8. The first-order chi connectivity index (χ1) is 9.37. The molecule has 0 radical (unpaired) electrons. The van der Waals surface area contributed by atoms with Gasteiger partial charge < -0.3 is 14.5 Å². The minimum Gasteiger partial charge on any atom is -0.444 e. The summed E-state index contributed by atoms with van der Waals surface area (Å²) in [6, 6.07) is 0.170. The van der Waals surface area contributed by atoms with Crippen LogP contribution in [0.2, 0.25) is 0 Å². The third kappa shape index (κ3) is 3.87. The highest BCUT2D eigenvalue weighted by molar-refractivity contribution is 5.77. The van der Waals surface area contributed by atoms with Gasteiger partial charge in [-0.1, -0.05) is 0 Å². The summed E-state index contributed by atoms with van der Waals surface area (Å²) in [6.45, 7) is 7.81. The first kappa shape index (κ1) is 15.1. The molecule has 0 aromatic heterocycles. The number of ether oxygens (including phenoxy) is 1. The summed E-state index contributed by atoms with van der Waals surface area (Å²) in [5.41, 5.74) is -0.467. The molecule has 0 unspecified atom stereocenters. The molecule has 0 aromatic carbocycles. The Balaban J connectivity index is 1.94. The average molecular weight is 282 g/mol. The van der Waals surface area contributed by atoms with Gasteiger partial charge in [-0.3, -0.25) is 4.79 Å². The zero-order valence-electron chi connectivity index (χ0n) is 12.9. The van der Waals surface area contributed by atoms with Crippen molar-refractivity contribution < 1.29 is 14.3 Å². The lowest BCUT2D eigenvalue weighted by Gasteiger charge is -2.41. The molecule has 5 nitrogen and oxygen atoms in total. The molecule has 20 heavy (non-hydrogen) atoms. The van der Waals surface area contributed by atoms with E-state index in [0.717, 1.165) is 38.8 Å². The summed E-state index contributed by atoms with van der Waals surface area (Å²) < 4.78 is 5.42. The van der Waals surface area contributed by atoms with Crippen LogP contribution < -0.4 is 0 Å². The van der Waals surface area contributed by atoms with Crippen LogP contribution in [0.3, 0.4) is 0 Å². The fourth-order valence-electron chi connectivity index (χ4n) is 2.91. The zero-order chi connectivity index (χ0) is 14.8. The molecular weight excluding hydrogens is 256 g/mol. The van der Waals surface area contributed by atoms with Gasteiger partial charge in [-0.25, -0.2) is 4.79 Å². The monoisotopic (exact) mass is 282 g/mol. The highest BCUT2D eigenvalue weighted by Gasteiger charge is 2.33. The third-order valence-electron chi connectivity index (χ3n) is 3.85. The van der Waals surface area contributed by atoms with Gasteiger partial charge >= 0.3 is 6.09 Å². The Morgan fingerprint density at radius 1 is 1.20 bits per heavy atom. The Kier molecular flexibility index (Phi) is 4.55. The first-order valence-electron chi connectivity index (χ1n) is 7.64. The molecule has 0 bridgehead atoms. The van der Waals surface area contributed by atoms with Crippen LogP contribution >= 0.6 is 0 Å². The van der Waals surface area contributed by atoms with Gasteiger partial charge in [0.25, 0.3) is 0 Å². The molecule has 2 amide bonds. The number of piperidine rings is 2. The maximum atomic E-state index is 12.1. The predicted octanol–water partition coefficient (Wildman–Crippen LogP) is 2.40. The van der Waals surface area contributed by atoms with Crippen LogP contribution in [0.25, 0.3) is 0 Å². The summed E-state index contributed by atoms with van der Waals surface area (Å²) in [6.07, 6.45) is 4.40. The number of carbonyl (C=O) groups is 2. The number of likely N-dealkylation sites (tertiary alicyclic amines) is 2. The van der Waals surface area contributed by atoms with Gasteiger partial charge in [0.1, 0.15) is 5.60 Å². The summed E-state index contributed by atoms with van der Waals surface area (Å²) in [5.74, 6) is 0.243. The largest absolute Gasteiger partial charge is 0.444 e. The second kappa shape index (κ2) is 6.02. The lowest BCUT2D eigenvalue weighted by Crippen LogP contribution is -2.53. The molecule has 2 saturated heterocycles. The van der Waals surface area contributed by atoms with Gasteiger partial charge in [0, 0.05) is 32.1 Å². The average Bonchev–Trinajstić information content (AvgIpc) is 2.37. The van der Waals surface area contributed by atoms with Gasteiger partial charge in [-0.15, -0.1) is 0 Å². The van der Waals surface area contributed by atoms with E-state index in [2.05, 4.69) is 0 Å². The van der Waals surface area contributed by atoms with E-state index >= 15 is 0 Å². The van der Waals surface area contributed by atoms with Gasteiger partial charge in [0.2, 0.25) is 5.91 Å². The fourth-order valence-corrected chi connectivity index (χ4v) is 2.91. The number of amides is 2. The van der Waals surface area contributed by atoms with Gasteiger partial charge in [-0.05, 0) is 46.5 Å². The number of hydrogen-bond donors (Lipinski definition) is 0. The van der Waals surface area contributed by atoms with E-state index in [4.69, 9.17) is 4.74 Å². The van der Waals surface area contributed by atoms with Gasteiger partial charge in [-0.2, -0.15) is 0 Å². The van der Waals surface area contributed by atoms with Crippen LogP contribution in [0.4, 0.5) is 4.79 Å². The second-order valence-corrected chi connectivity index (χ2v) is 6.77. The maximum Gasteiger partial charge on any atom is 0.410 e. The Hall–Kier alpha value is -1.26. The van der Waals surface area contributed by atoms with E-state index in [1.54, 1.807) is 4.90 Å². The van der Waals surface area contributed by atoms with E-state index in [9.17, 15) is 9.59 Å². The molecule has 2 rings (SSSR count). The number of carbonyl (C=O) groups excluding carboxylic acids is 2. The molecule has 0 aliphatic carbocycles. The molecule has 2 aliphatic rings. The van der Waals surface area contributed by atoms with Crippen molar-refractivity contribution in [2.75, 3.05) is 19.6 Å². The van der Waals surface area contributed by atoms with E-state index in [1.165, 1.54) is 0 Å². The molecule has 0 aromatic rings. The lowest BCUT2D eigenvalue weighted by atomic mass is 10.0. The van der Waals surface area contributed by atoms with Crippen molar-refractivity contribution >= 4 is 12.0 Å². The Morgan fingerprint density at radius 3 is 2.60 bits per heavy atom. The molecule has 0 spiro atoms. The van der Waals surface area contributed by atoms with Crippen LogP contribution in [0.1, 0.15) is 52.9 Å². The number of hydrogen-bond acceptors (Lipinski definition) is 3. The lowest BCUT2D eigenvalue weighted by molar-refractivity contribution is -0.137. The highest BCUT2D eigenvalue weighted by atomic mass is 16.6. The third-order valence-corrected chi connectivity index (χ3v) is 3.85. The van der Waals surface area contributed by atoms with Crippen molar-refractivity contribution in [1.29, 1.82) is 0 Å². The first-order valence-corrected chi connectivity index (χ1v) is 7.64. The van der Waals surface area contributed by atoms with E-state index in [0.29, 0.717) is 13.0 Å². The highest BCUT2D eigenvalue weighted by Crippen LogP contribution is 2.22. The summed E-state index contributed by atoms with van der Waals surface area (Å²) in [5, 5.41) is 0. The molecule has 2 aliphatic heterocycles. The molecule has 2 heterocycles. The molecule has 114 valence electrons. The Morgan fingerprint density at radius 2 is 1.95 bits per heavy atom. The van der Waals surface area contributed by atoms with E-state index in [-0.39, 0.29) is 18.0 Å². The molecular formula is C15H26N2O3. The van der Waals surface area contributed by atoms with Crippen molar-refractivity contribution in [2.45, 2.75) is 64.5 Å². The molecule has 0 N–H and O–H groups in total. The number of rotatable bonds is 1. The standard InChI is InChI=1S/C15H26N2O3/c1-15(2,3)20-14(19)16-9-6-7-12(11-16)17-10-5-4-8-13(17)18/h12H,4-11H2,1-3H3/t12-/m0/s1. The van der Waals surface area contributed by atoms with Crippen molar-refractivity contribution in [2.24, 2.45) is 0 Å². The van der Waals surface area contributed by atoms with Crippen LogP contribution in [0.5, 0.6) is 0 Å². The topological polar surface area (TPSA) is 49.9 Å². The smallest absolute Gasteiger partial charge is 0.410 e. The summed E-state index contributed by atoms with van der Waals surface area (Å²) in [7, 11) is 0. The van der Waals surface area contributed by atoms with Crippen molar-refractivity contribution in [3.8, 4) is 0 Å². The summed E-state index contributed by atoms with van der Waals surface area (Å²) >= 11 is 0. The minimum atomic E-state index is -0.467. The van der Waals surface area contributed by atoms with Crippen LogP contribution in [0.15, 0.2) is 0 Å². The van der Waals surface area contributed by atoms with Crippen molar-refractivity contribution in [3.63, 3.8) is 0 Å². The Labute approximate surface area is 121 Å². The quantitative estimate of drug-likeness (QED) is 0.742. The van der Waals surface area contributed by atoms with E-state index < -0.39 is 5.60 Å². The molecule has 1 atom stereocenters. The maximum absolute atomic E-state index is 12.1. The van der Waals surface area contributed by atoms with Crippen LogP contribution in [-0.2, 0) is 9.53 Å². The minimum absolute atomic E-state index is 0.170. The zero-order valence-corrected chi connectivity index (χ0v) is 12.9. The Bertz CT molecular complexity index is 376. The van der Waals surface area contributed by atoms with Crippen molar-refractivity contribution in [1.82, 2.24) is 9.80 Å². The second-order valence-electron chi connectivity index (χ2n) is 6.77. The fraction of sp³-hybridized carbons (Fsp3) is 0.867. The predicted molar refractivity (Wildman–Crippen MR) is 76.4 cm³/mol. The molecule has 2 fully saturated rings. The van der Waals surface area contributed by atoms with Gasteiger partial charge in [0.15, 0.2) is 0 Å². The van der Waals surface area contributed by atoms with E-state index in [1.807, 2.05) is 25.7 Å². The number of nitrogens with zero attached hydrogens (tertiary/aromatic N) is 2. The van der Waals surface area contributed by atoms with Gasteiger partial charge in [0.05, 0.1) is 0 Å². The molecule has 0 saturated carbocycles.